The molecule has 3 aliphatic heterocycles. The monoisotopic (exact) mass is 772 g/mol. The Balaban J connectivity index is 1.23. The molecular formula is C51H33PS3. The molecule has 4 bridgehead atoms. The molecule has 0 aliphatic carbocycles. The summed E-state index contributed by atoms with van der Waals surface area (Å²) in [6.45, 7) is 0. The fraction of sp³-hybridized carbons (Fsp3) is 0.0588. The van der Waals surface area contributed by atoms with Gasteiger partial charge >= 0.3 is 0 Å². The summed E-state index contributed by atoms with van der Waals surface area (Å²) in [5, 5.41) is 20.2. The lowest BCUT2D eigenvalue weighted by Crippen LogP contribution is -2.28. The molecule has 0 atom stereocenters. The van der Waals surface area contributed by atoms with Crippen molar-refractivity contribution in [1.82, 2.24) is 0 Å². The Morgan fingerprint density at radius 1 is 0.273 bits per heavy atom. The van der Waals surface area contributed by atoms with E-state index >= 15 is 0 Å². The number of hydrogen-bond acceptors (Lipinski definition) is 3. The SMILES string of the molecule is c1ccc2cc3cc4c(cc3cc2c1)CSc1cc2cc(c1)SCc1cc3cc5ccccc5cc3cc1P4c1cc3cc4ccccc4cc3cc1CS2. The second kappa shape index (κ2) is 12.9. The molecule has 10 aromatic rings. The van der Waals surface area contributed by atoms with Crippen molar-refractivity contribution in [2.24, 2.45) is 0 Å². The van der Waals surface area contributed by atoms with Gasteiger partial charge in [0.05, 0.1) is 0 Å². The van der Waals surface area contributed by atoms with Crippen molar-refractivity contribution < 1.29 is 0 Å². The van der Waals surface area contributed by atoms with Gasteiger partial charge in [-0.3, -0.25) is 0 Å². The van der Waals surface area contributed by atoms with Crippen LogP contribution in [-0.4, -0.2) is 0 Å². The smallest absolute Gasteiger partial charge is 0.0238 e. The molecule has 4 heteroatoms. The first-order chi connectivity index (χ1) is 27.1. The zero-order valence-corrected chi connectivity index (χ0v) is 33.2. The number of benzene rings is 10. The van der Waals surface area contributed by atoms with Crippen molar-refractivity contribution in [2.45, 2.75) is 31.9 Å². The maximum Gasteiger partial charge on any atom is 0.0238 e. The van der Waals surface area contributed by atoms with Crippen LogP contribution >= 0.6 is 43.2 Å². The summed E-state index contributed by atoms with van der Waals surface area (Å²) in [5.74, 6) is 2.78. The lowest BCUT2D eigenvalue weighted by atomic mass is 10.0. The molecule has 55 heavy (non-hydrogen) atoms. The van der Waals surface area contributed by atoms with Gasteiger partial charge in [-0.25, -0.2) is 0 Å². The van der Waals surface area contributed by atoms with Crippen LogP contribution in [-0.2, 0) is 17.3 Å². The Labute approximate surface area is 334 Å². The van der Waals surface area contributed by atoms with Crippen LogP contribution in [0, 0.1) is 0 Å². The molecule has 0 unspecified atom stereocenters. The first-order valence-corrected chi connectivity index (χ1v) is 23.2. The van der Waals surface area contributed by atoms with E-state index in [1.54, 1.807) is 0 Å². The third kappa shape index (κ3) is 5.67. The molecule has 13 rings (SSSR count). The van der Waals surface area contributed by atoms with Crippen molar-refractivity contribution in [2.75, 3.05) is 0 Å². The van der Waals surface area contributed by atoms with Gasteiger partial charge in [0.15, 0.2) is 0 Å². The van der Waals surface area contributed by atoms with Crippen molar-refractivity contribution in [3.05, 3.63) is 180 Å². The molecule has 0 fully saturated rings. The molecule has 0 N–H and O–H groups in total. The first-order valence-electron chi connectivity index (χ1n) is 18.9. The quantitative estimate of drug-likeness (QED) is 0.111. The highest BCUT2D eigenvalue weighted by Crippen LogP contribution is 2.46. The van der Waals surface area contributed by atoms with E-state index in [4.69, 9.17) is 0 Å². The number of hydrogen-bond donors (Lipinski definition) is 0. The van der Waals surface area contributed by atoms with Crippen LogP contribution in [0.4, 0.5) is 0 Å². The van der Waals surface area contributed by atoms with Crippen LogP contribution in [0.25, 0.3) is 64.6 Å². The van der Waals surface area contributed by atoms with Crippen molar-refractivity contribution in [3.8, 4) is 0 Å². The molecule has 3 heterocycles. The van der Waals surface area contributed by atoms with Crippen LogP contribution < -0.4 is 15.9 Å². The maximum atomic E-state index is 2.59. The molecule has 260 valence electrons. The highest BCUT2D eigenvalue weighted by atomic mass is 32.2. The maximum absolute atomic E-state index is 2.59. The normalized spacial score (nSPS) is 14.4. The van der Waals surface area contributed by atoms with Gasteiger partial charge in [0.2, 0.25) is 0 Å². The molecule has 0 saturated carbocycles. The van der Waals surface area contributed by atoms with Crippen molar-refractivity contribution in [1.29, 1.82) is 0 Å². The van der Waals surface area contributed by atoms with E-state index < -0.39 is 7.92 Å². The third-order valence-corrected chi connectivity index (χ3v) is 17.2. The molecule has 0 aromatic heterocycles. The van der Waals surface area contributed by atoms with Crippen LogP contribution in [0.15, 0.2) is 178 Å². The fourth-order valence-electron chi connectivity index (χ4n) is 8.72. The van der Waals surface area contributed by atoms with Crippen LogP contribution in [0.5, 0.6) is 0 Å². The predicted molar refractivity (Wildman–Crippen MR) is 245 cm³/mol. The van der Waals surface area contributed by atoms with Gasteiger partial charge < -0.3 is 0 Å². The van der Waals surface area contributed by atoms with Gasteiger partial charge in [-0.05, 0) is 196 Å². The van der Waals surface area contributed by atoms with Crippen molar-refractivity contribution >= 4 is 124 Å². The largest absolute Gasteiger partial charge is 0.121 e. The Morgan fingerprint density at radius 3 is 0.800 bits per heavy atom. The van der Waals surface area contributed by atoms with E-state index in [1.165, 1.54) is 112 Å². The van der Waals surface area contributed by atoms with E-state index in [1.807, 2.05) is 35.3 Å². The fourth-order valence-corrected chi connectivity index (χ4v) is 15.1. The summed E-state index contributed by atoms with van der Waals surface area (Å²) in [4.78, 5) is 4.08. The van der Waals surface area contributed by atoms with Gasteiger partial charge in [0.1, 0.15) is 0 Å². The van der Waals surface area contributed by atoms with Crippen LogP contribution in [0.1, 0.15) is 16.7 Å². The minimum atomic E-state index is -0.961. The summed E-state index contributed by atoms with van der Waals surface area (Å²) >= 11 is 6.00. The standard InChI is InChI=1S/C51H33PS3/c1-4-10-34-16-40-22-49-43(19-37(40)13-31(34)7-1)28-53-46-25-47-27-48(26-46)55-30-45-21-39-15-33-9-3-6-12-36(33)18-42(39)24-51(45)52(49)50-23-41-17-35-11-5-2-8-32(35)14-38(41)20-44(50)29-54-47/h1-27H,28-30H2. The molecule has 0 nitrogen and oxygen atoms in total. The van der Waals surface area contributed by atoms with Crippen molar-refractivity contribution in [3.63, 3.8) is 0 Å². The zero-order chi connectivity index (χ0) is 36.0. The summed E-state index contributed by atoms with van der Waals surface area (Å²) in [7, 11) is -0.961. The molecule has 0 spiro atoms. The topological polar surface area (TPSA) is 0 Å². The summed E-state index contributed by atoms with van der Waals surface area (Å²) in [5.41, 5.74) is 4.34. The van der Waals surface area contributed by atoms with Crippen LogP contribution in [0.3, 0.4) is 0 Å². The second-order valence-electron chi connectivity index (χ2n) is 14.9. The summed E-state index contributed by atoms with van der Waals surface area (Å²) < 4.78 is 0. The predicted octanol–water partition coefficient (Wildman–Crippen LogP) is 13.9. The summed E-state index contributed by atoms with van der Waals surface area (Å²) in [6.07, 6.45) is 0. The molecule has 0 amide bonds. The van der Waals surface area contributed by atoms with E-state index in [-0.39, 0.29) is 0 Å². The average Bonchev–Trinajstić information content (AvgIpc) is 3.21. The van der Waals surface area contributed by atoms with Gasteiger partial charge in [-0.1, -0.05) is 72.8 Å². The Morgan fingerprint density at radius 2 is 0.527 bits per heavy atom. The highest BCUT2D eigenvalue weighted by molar-refractivity contribution is 8.00. The minimum absolute atomic E-state index is 0.927. The minimum Gasteiger partial charge on any atom is -0.121 e. The van der Waals surface area contributed by atoms with E-state index in [2.05, 4.69) is 164 Å². The Hall–Kier alpha value is -4.76. The van der Waals surface area contributed by atoms with Gasteiger partial charge in [-0.15, -0.1) is 35.3 Å². The third-order valence-electron chi connectivity index (χ3n) is 11.5. The molecule has 3 aliphatic rings. The van der Waals surface area contributed by atoms with Gasteiger partial charge in [-0.2, -0.15) is 0 Å². The van der Waals surface area contributed by atoms with E-state index in [9.17, 15) is 0 Å². The van der Waals surface area contributed by atoms with Gasteiger partial charge in [0.25, 0.3) is 0 Å². The number of fused-ring (bicyclic) bond motifs is 9. The zero-order valence-electron chi connectivity index (χ0n) is 29.9. The highest BCUT2D eigenvalue weighted by Gasteiger charge is 2.28. The molecular weight excluding hydrogens is 740 g/mol. The first kappa shape index (κ1) is 32.5. The van der Waals surface area contributed by atoms with Gasteiger partial charge in [0, 0.05) is 31.9 Å². The average molecular weight is 773 g/mol. The van der Waals surface area contributed by atoms with E-state index in [0.717, 1.165) is 17.3 Å². The van der Waals surface area contributed by atoms with Crippen LogP contribution in [0.2, 0.25) is 0 Å². The Bertz CT molecular complexity index is 2880. The summed E-state index contributed by atoms with van der Waals surface area (Å²) in [6, 6.07) is 63.7. The number of thioether (sulfide) groups is 3. The molecule has 0 saturated heterocycles. The Kier molecular flexibility index (Phi) is 7.62. The lowest BCUT2D eigenvalue weighted by molar-refractivity contribution is 1.22. The molecule has 10 aromatic carbocycles. The lowest BCUT2D eigenvalue weighted by Gasteiger charge is -2.29. The molecule has 0 radical (unpaired) electrons. The van der Waals surface area contributed by atoms with E-state index in [0.29, 0.717) is 0 Å². The second-order valence-corrected chi connectivity index (χ2v) is 20.2. The number of rotatable bonds is 0.